The molecule has 1 aliphatic heterocycles. The average molecular weight is 393 g/mol. The Hall–Kier alpha value is -3.68. The molecule has 0 aliphatic carbocycles. The number of non-ortho nitro benzene ring substituents is 1. The highest BCUT2D eigenvalue weighted by Crippen LogP contribution is 2.45. The molecule has 1 aliphatic rings. The number of benzene rings is 2. The minimum absolute atomic E-state index is 0.0201. The Labute approximate surface area is 166 Å². The molecule has 3 aromatic rings. The van der Waals surface area contributed by atoms with Gasteiger partial charge in [-0.05, 0) is 29.3 Å². The molecule has 2 heterocycles. The van der Waals surface area contributed by atoms with Gasteiger partial charge >= 0.3 is 5.97 Å². The maximum absolute atomic E-state index is 13.0. The number of aromatic nitrogens is 2. The van der Waals surface area contributed by atoms with Gasteiger partial charge in [-0.1, -0.05) is 24.3 Å². The number of hydrogen-bond acceptors (Lipinski definition) is 6. The van der Waals surface area contributed by atoms with Gasteiger partial charge in [0.1, 0.15) is 5.75 Å². The number of esters is 1. The number of hydrogen-bond donors (Lipinski definition) is 0. The molecule has 8 heteroatoms. The number of ether oxygens (including phenoxy) is 2. The van der Waals surface area contributed by atoms with Crippen molar-refractivity contribution in [1.82, 2.24) is 9.78 Å². The van der Waals surface area contributed by atoms with Crippen molar-refractivity contribution in [3.8, 4) is 5.75 Å². The molecule has 0 radical (unpaired) electrons. The first-order valence-electron chi connectivity index (χ1n) is 9.14. The number of nitrogens with zero attached hydrogens (tertiary/aromatic N) is 3. The maximum Gasteiger partial charge on any atom is 0.316 e. The topological polar surface area (TPSA) is 96.5 Å². The number of methoxy groups -OCH3 is 1. The fraction of sp³-hybridized carbons (Fsp3) is 0.238. The van der Waals surface area contributed by atoms with E-state index in [9.17, 15) is 14.9 Å². The summed E-state index contributed by atoms with van der Waals surface area (Å²) in [7, 11) is 1.60. The van der Waals surface area contributed by atoms with Gasteiger partial charge in [-0.2, -0.15) is 5.10 Å². The van der Waals surface area contributed by atoms with Gasteiger partial charge < -0.3 is 9.47 Å². The summed E-state index contributed by atoms with van der Waals surface area (Å²) in [4.78, 5) is 23.5. The molecule has 1 saturated heterocycles. The van der Waals surface area contributed by atoms with E-state index in [1.165, 1.54) is 12.1 Å². The van der Waals surface area contributed by atoms with E-state index in [-0.39, 0.29) is 17.6 Å². The molecule has 1 aromatic heterocycles. The van der Waals surface area contributed by atoms with Crippen LogP contribution in [-0.2, 0) is 9.53 Å². The van der Waals surface area contributed by atoms with Gasteiger partial charge in [0, 0.05) is 36.9 Å². The van der Waals surface area contributed by atoms with Crippen molar-refractivity contribution >= 4 is 11.7 Å². The van der Waals surface area contributed by atoms with Crippen LogP contribution in [0.2, 0.25) is 0 Å². The molecule has 0 bridgehead atoms. The Morgan fingerprint density at radius 1 is 1.14 bits per heavy atom. The molecular weight excluding hydrogens is 374 g/mol. The molecule has 0 N–H and O–H groups in total. The zero-order chi connectivity index (χ0) is 20.4. The van der Waals surface area contributed by atoms with Crippen LogP contribution in [0.25, 0.3) is 0 Å². The highest BCUT2D eigenvalue weighted by Gasteiger charge is 2.41. The molecular formula is C21H19N3O5. The summed E-state index contributed by atoms with van der Waals surface area (Å²) in [5.41, 5.74) is 1.62. The van der Waals surface area contributed by atoms with Gasteiger partial charge in [-0.3, -0.25) is 14.9 Å². The van der Waals surface area contributed by atoms with Crippen LogP contribution in [0.1, 0.15) is 35.6 Å². The van der Waals surface area contributed by atoms with Crippen LogP contribution in [0, 0.1) is 10.1 Å². The van der Waals surface area contributed by atoms with E-state index in [1.54, 1.807) is 42.4 Å². The Balaban J connectivity index is 1.72. The lowest BCUT2D eigenvalue weighted by Gasteiger charge is -2.35. The van der Waals surface area contributed by atoms with Crippen LogP contribution in [0.4, 0.5) is 5.69 Å². The first-order chi connectivity index (χ1) is 14.1. The molecule has 0 saturated carbocycles. The first-order valence-corrected chi connectivity index (χ1v) is 9.14. The van der Waals surface area contributed by atoms with Gasteiger partial charge in [-0.15, -0.1) is 0 Å². The van der Waals surface area contributed by atoms with Gasteiger partial charge in [-0.25, -0.2) is 4.68 Å². The molecule has 0 spiro atoms. The van der Waals surface area contributed by atoms with Gasteiger partial charge in [0.2, 0.25) is 0 Å². The summed E-state index contributed by atoms with van der Waals surface area (Å²) in [5, 5.41) is 15.2. The van der Waals surface area contributed by atoms with E-state index >= 15 is 0 Å². The van der Waals surface area contributed by atoms with Crippen molar-refractivity contribution in [2.45, 2.75) is 24.5 Å². The van der Waals surface area contributed by atoms with Gasteiger partial charge in [0.15, 0.2) is 6.23 Å². The second-order valence-corrected chi connectivity index (χ2v) is 6.82. The number of cyclic esters (lactones) is 1. The summed E-state index contributed by atoms with van der Waals surface area (Å²) >= 11 is 0. The summed E-state index contributed by atoms with van der Waals surface area (Å²) in [5.74, 6) is -0.414. The molecule has 148 valence electrons. The van der Waals surface area contributed by atoms with Gasteiger partial charge in [0.05, 0.1) is 18.0 Å². The number of carbonyl (C=O) groups is 1. The minimum Gasteiger partial charge on any atom is -0.497 e. The summed E-state index contributed by atoms with van der Waals surface area (Å²) < 4.78 is 12.5. The van der Waals surface area contributed by atoms with E-state index in [0.717, 1.165) is 11.3 Å². The van der Waals surface area contributed by atoms with Crippen LogP contribution in [-0.4, -0.2) is 27.8 Å². The van der Waals surface area contributed by atoms with Crippen LogP contribution in [0.5, 0.6) is 5.75 Å². The summed E-state index contributed by atoms with van der Waals surface area (Å²) in [6.45, 7) is 0. The Kier molecular flexibility index (Phi) is 4.99. The largest absolute Gasteiger partial charge is 0.497 e. The molecule has 8 nitrogen and oxygen atoms in total. The smallest absolute Gasteiger partial charge is 0.316 e. The predicted molar refractivity (Wildman–Crippen MR) is 104 cm³/mol. The van der Waals surface area contributed by atoms with E-state index in [4.69, 9.17) is 9.47 Å². The van der Waals surface area contributed by atoms with Crippen molar-refractivity contribution in [1.29, 1.82) is 0 Å². The van der Waals surface area contributed by atoms with E-state index < -0.39 is 17.1 Å². The number of rotatable bonds is 5. The second kappa shape index (κ2) is 7.75. The van der Waals surface area contributed by atoms with Gasteiger partial charge in [0.25, 0.3) is 5.69 Å². The third-order valence-corrected chi connectivity index (χ3v) is 5.19. The second-order valence-electron chi connectivity index (χ2n) is 6.82. The normalized spacial score (nSPS) is 21.4. The number of carbonyl (C=O) groups excluding carboxylic acids is 1. The standard InChI is InChI=1S/C21H19N3O5/c1-28-17-9-5-14(6-10-17)18-13-19(23-12-2-11-22-23)29-21(25)20(18)15-3-7-16(8-4-15)24(26)27/h2-12,18-20H,13H2,1H3/t18-,19+,20-/m0/s1. The van der Waals surface area contributed by atoms with Crippen molar-refractivity contribution < 1.29 is 19.2 Å². The SMILES string of the molecule is COc1ccc([C@@H]2C[C@H](n3cccn3)OC(=O)[C@H]2c2ccc([N+](=O)[O-])cc2)cc1. The maximum atomic E-state index is 13.0. The van der Waals surface area contributed by atoms with Crippen molar-refractivity contribution in [2.75, 3.05) is 7.11 Å². The van der Waals surface area contributed by atoms with Crippen LogP contribution < -0.4 is 4.74 Å². The lowest BCUT2D eigenvalue weighted by molar-refractivity contribution is -0.384. The van der Waals surface area contributed by atoms with Crippen LogP contribution >= 0.6 is 0 Å². The molecule has 3 atom stereocenters. The monoisotopic (exact) mass is 393 g/mol. The van der Waals surface area contributed by atoms with E-state index in [1.807, 2.05) is 24.3 Å². The van der Waals surface area contributed by atoms with Crippen molar-refractivity contribution in [3.63, 3.8) is 0 Å². The van der Waals surface area contributed by atoms with Crippen LogP contribution in [0.15, 0.2) is 67.0 Å². The number of nitro benzene ring substituents is 1. The Bertz CT molecular complexity index is 1000. The molecule has 1 fully saturated rings. The zero-order valence-corrected chi connectivity index (χ0v) is 15.7. The van der Waals surface area contributed by atoms with Crippen LogP contribution in [0.3, 0.4) is 0 Å². The van der Waals surface area contributed by atoms with E-state index in [0.29, 0.717) is 12.0 Å². The highest BCUT2D eigenvalue weighted by atomic mass is 16.6. The third kappa shape index (κ3) is 3.69. The lowest BCUT2D eigenvalue weighted by atomic mass is 9.77. The molecule has 0 amide bonds. The molecule has 0 unspecified atom stereocenters. The third-order valence-electron chi connectivity index (χ3n) is 5.19. The Morgan fingerprint density at radius 2 is 1.83 bits per heavy atom. The summed E-state index contributed by atoms with van der Waals surface area (Å²) in [6, 6.07) is 15.4. The Morgan fingerprint density at radius 3 is 2.41 bits per heavy atom. The quantitative estimate of drug-likeness (QED) is 0.371. The predicted octanol–water partition coefficient (Wildman–Crippen LogP) is 3.81. The molecule has 4 rings (SSSR count). The average Bonchev–Trinajstić information content (AvgIpc) is 3.28. The summed E-state index contributed by atoms with van der Waals surface area (Å²) in [6.07, 6.45) is 3.41. The fourth-order valence-corrected chi connectivity index (χ4v) is 3.74. The lowest BCUT2D eigenvalue weighted by Crippen LogP contribution is -2.34. The van der Waals surface area contributed by atoms with E-state index in [2.05, 4.69) is 5.10 Å². The molecule has 29 heavy (non-hydrogen) atoms. The van der Waals surface area contributed by atoms with Crippen molar-refractivity contribution in [2.24, 2.45) is 0 Å². The highest BCUT2D eigenvalue weighted by molar-refractivity contribution is 5.80. The van der Waals surface area contributed by atoms with Crippen molar-refractivity contribution in [3.05, 3.63) is 88.2 Å². The number of nitro groups is 1. The minimum atomic E-state index is -0.573. The first kappa shape index (κ1) is 18.7. The zero-order valence-electron chi connectivity index (χ0n) is 15.7. The fourth-order valence-electron chi connectivity index (χ4n) is 3.74. The molecule has 2 aromatic carbocycles.